The highest BCUT2D eigenvalue weighted by Gasteiger charge is 2.13. The highest BCUT2D eigenvalue weighted by atomic mass is 16.5. The van der Waals surface area contributed by atoms with E-state index in [4.69, 9.17) is 14.5 Å². The van der Waals surface area contributed by atoms with Crippen LogP contribution in [0.25, 0.3) is 11.0 Å². The van der Waals surface area contributed by atoms with Crippen LogP contribution in [0.3, 0.4) is 0 Å². The highest BCUT2D eigenvalue weighted by Crippen LogP contribution is 2.24. The van der Waals surface area contributed by atoms with Crippen LogP contribution in [0.4, 0.5) is 0 Å². The van der Waals surface area contributed by atoms with Gasteiger partial charge in [0.15, 0.2) is 6.61 Å². The van der Waals surface area contributed by atoms with Gasteiger partial charge in [-0.3, -0.25) is 4.79 Å². The Morgan fingerprint density at radius 2 is 1.70 bits per heavy atom. The van der Waals surface area contributed by atoms with Gasteiger partial charge in [0.1, 0.15) is 17.3 Å². The number of aromatic nitrogens is 2. The number of fused-ring (bicyclic) bond motifs is 1. The topological polar surface area (TPSA) is 65.4 Å². The molecule has 0 aliphatic heterocycles. The van der Waals surface area contributed by atoms with Crippen molar-refractivity contribution in [2.45, 2.75) is 72.3 Å². The van der Waals surface area contributed by atoms with Crippen molar-refractivity contribution in [2.24, 2.45) is 0 Å². The lowest BCUT2D eigenvalue weighted by Crippen LogP contribution is -2.30. The number of nitrogens with zero attached hydrogens (tertiary/aromatic N) is 2. The average molecular weight is 542 g/mol. The average Bonchev–Trinajstić information content (AvgIpc) is 3.28. The van der Waals surface area contributed by atoms with Crippen molar-refractivity contribution in [3.05, 3.63) is 89.2 Å². The first kappa shape index (κ1) is 29.2. The van der Waals surface area contributed by atoms with Gasteiger partial charge in [0.25, 0.3) is 5.91 Å². The van der Waals surface area contributed by atoms with Crippen molar-refractivity contribution in [3.8, 4) is 11.5 Å². The molecule has 4 rings (SSSR count). The van der Waals surface area contributed by atoms with E-state index in [1.165, 1.54) is 5.56 Å². The summed E-state index contributed by atoms with van der Waals surface area (Å²) in [6.45, 7) is 12.8. The third kappa shape index (κ3) is 8.10. The molecule has 6 heteroatoms. The number of ether oxygens (including phenoxy) is 2. The predicted molar refractivity (Wildman–Crippen MR) is 162 cm³/mol. The number of nitrogens with one attached hydrogen (secondary N) is 1. The van der Waals surface area contributed by atoms with E-state index in [2.05, 4.69) is 73.1 Å². The maximum Gasteiger partial charge on any atom is 0.257 e. The van der Waals surface area contributed by atoms with Crippen LogP contribution >= 0.6 is 0 Å². The summed E-state index contributed by atoms with van der Waals surface area (Å²) in [6, 6.07) is 22.7. The van der Waals surface area contributed by atoms with Gasteiger partial charge in [-0.2, -0.15) is 0 Å². The molecule has 0 aliphatic carbocycles. The molecule has 3 aromatic carbocycles. The number of imidazole rings is 1. The Morgan fingerprint density at radius 3 is 2.48 bits per heavy atom. The number of benzene rings is 3. The third-order valence-electron chi connectivity index (χ3n) is 7.10. The summed E-state index contributed by atoms with van der Waals surface area (Å²) in [4.78, 5) is 17.2. The van der Waals surface area contributed by atoms with Crippen molar-refractivity contribution < 1.29 is 14.3 Å². The van der Waals surface area contributed by atoms with Gasteiger partial charge >= 0.3 is 0 Å². The lowest BCUT2D eigenvalue weighted by atomic mass is 9.87. The second kappa shape index (κ2) is 13.5. The van der Waals surface area contributed by atoms with Gasteiger partial charge in [-0.05, 0) is 85.5 Å². The number of amides is 1. The van der Waals surface area contributed by atoms with Crippen LogP contribution in [0, 0.1) is 13.8 Å². The van der Waals surface area contributed by atoms with Crippen LogP contribution < -0.4 is 14.8 Å². The van der Waals surface area contributed by atoms with Crippen molar-refractivity contribution in [1.82, 2.24) is 14.9 Å². The number of aryl methyl sites for hydroxylation is 4. The largest absolute Gasteiger partial charge is 0.494 e. The van der Waals surface area contributed by atoms with Crippen molar-refractivity contribution in [2.75, 3.05) is 19.8 Å². The maximum atomic E-state index is 12.3. The summed E-state index contributed by atoms with van der Waals surface area (Å²) in [6.07, 6.45) is 3.57. The summed E-state index contributed by atoms with van der Waals surface area (Å²) in [5.41, 5.74) is 5.76. The molecule has 0 spiro atoms. The molecule has 4 aromatic rings. The Hall–Kier alpha value is -3.80. The molecule has 1 N–H and O–H groups in total. The minimum absolute atomic E-state index is 0.0195. The summed E-state index contributed by atoms with van der Waals surface area (Å²) in [7, 11) is 0. The summed E-state index contributed by atoms with van der Waals surface area (Å²) >= 11 is 0. The third-order valence-corrected chi connectivity index (χ3v) is 7.10. The van der Waals surface area contributed by atoms with E-state index in [1.807, 2.05) is 38.1 Å². The van der Waals surface area contributed by atoms with Crippen molar-refractivity contribution in [3.63, 3.8) is 0 Å². The standard InChI is InChI=1S/C34H43N3O3/c1-25-14-15-26(2)31(23-25)40-24-33(38)35-20-10-13-32-36-29-11-6-7-12-30(29)37(32)21-8-9-22-39-28-18-16-27(17-19-28)34(3,4)5/h6-7,11-12,14-19,23H,8-10,13,20-22,24H2,1-5H3,(H,35,38). The Labute approximate surface area is 238 Å². The van der Waals surface area contributed by atoms with Gasteiger partial charge in [0.05, 0.1) is 17.6 Å². The zero-order valence-corrected chi connectivity index (χ0v) is 24.6. The Bertz CT molecular complexity index is 1400. The van der Waals surface area contributed by atoms with Gasteiger partial charge < -0.3 is 19.4 Å². The lowest BCUT2D eigenvalue weighted by Gasteiger charge is -2.19. The zero-order chi connectivity index (χ0) is 28.5. The van der Waals surface area contributed by atoms with E-state index in [9.17, 15) is 4.79 Å². The number of unbranched alkanes of at least 4 members (excludes halogenated alkanes) is 1. The summed E-state index contributed by atoms with van der Waals surface area (Å²) in [5.74, 6) is 2.62. The van der Waals surface area contributed by atoms with Crippen LogP contribution in [-0.4, -0.2) is 35.2 Å². The Morgan fingerprint density at radius 1 is 0.925 bits per heavy atom. The highest BCUT2D eigenvalue weighted by molar-refractivity contribution is 5.77. The second-order valence-corrected chi connectivity index (χ2v) is 11.5. The minimum Gasteiger partial charge on any atom is -0.494 e. The van der Waals surface area contributed by atoms with Crippen LogP contribution in [0.1, 0.15) is 62.5 Å². The van der Waals surface area contributed by atoms with Crippen LogP contribution in [0.15, 0.2) is 66.7 Å². The van der Waals surface area contributed by atoms with E-state index in [-0.39, 0.29) is 17.9 Å². The van der Waals surface area contributed by atoms with E-state index in [0.717, 1.165) is 71.7 Å². The Kier molecular flexibility index (Phi) is 9.86. The van der Waals surface area contributed by atoms with Crippen LogP contribution in [0.5, 0.6) is 11.5 Å². The number of carbonyl (C=O) groups is 1. The molecule has 0 atom stereocenters. The molecular formula is C34H43N3O3. The van der Waals surface area contributed by atoms with Crippen LogP contribution in [0.2, 0.25) is 0 Å². The molecule has 212 valence electrons. The fourth-order valence-electron chi connectivity index (χ4n) is 4.71. The molecule has 40 heavy (non-hydrogen) atoms. The fourth-order valence-corrected chi connectivity index (χ4v) is 4.71. The first-order valence-electron chi connectivity index (χ1n) is 14.3. The smallest absolute Gasteiger partial charge is 0.257 e. The molecule has 0 radical (unpaired) electrons. The van der Waals surface area contributed by atoms with Gasteiger partial charge in [-0.15, -0.1) is 0 Å². The van der Waals surface area contributed by atoms with Gasteiger partial charge in [0, 0.05) is 19.5 Å². The second-order valence-electron chi connectivity index (χ2n) is 11.5. The molecule has 0 aliphatic rings. The van der Waals surface area contributed by atoms with Gasteiger partial charge in [0.2, 0.25) is 0 Å². The predicted octanol–water partition coefficient (Wildman–Crippen LogP) is 6.94. The quantitative estimate of drug-likeness (QED) is 0.186. The molecule has 0 saturated carbocycles. The fraction of sp³-hybridized carbons (Fsp3) is 0.412. The number of hydrogen-bond donors (Lipinski definition) is 1. The first-order valence-corrected chi connectivity index (χ1v) is 14.3. The minimum atomic E-state index is -0.109. The number of rotatable bonds is 13. The molecule has 1 heterocycles. The lowest BCUT2D eigenvalue weighted by molar-refractivity contribution is -0.123. The number of para-hydroxylation sites is 2. The SMILES string of the molecule is Cc1ccc(C)c(OCC(=O)NCCCc2nc3ccccc3n2CCCCOc2ccc(C(C)(C)C)cc2)c1. The molecule has 6 nitrogen and oxygen atoms in total. The molecule has 1 aromatic heterocycles. The van der Waals surface area contributed by atoms with E-state index < -0.39 is 0 Å². The molecule has 0 bridgehead atoms. The summed E-state index contributed by atoms with van der Waals surface area (Å²) < 4.78 is 14.0. The monoisotopic (exact) mass is 541 g/mol. The molecule has 0 unspecified atom stereocenters. The van der Waals surface area contributed by atoms with Gasteiger partial charge in [-0.1, -0.05) is 57.2 Å². The molecule has 0 saturated heterocycles. The molecular weight excluding hydrogens is 498 g/mol. The van der Waals surface area contributed by atoms with Gasteiger partial charge in [-0.25, -0.2) is 4.98 Å². The molecule has 0 fully saturated rings. The first-order chi connectivity index (χ1) is 19.2. The van der Waals surface area contributed by atoms with Crippen molar-refractivity contribution in [1.29, 1.82) is 0 Å². The maximum absolute atomic E-state index is 12.3. The zero-order valence-electron chi connectivity index (χ0n) is 24.6. The Balaban J connectivity index is 1.23. The van der Waals surface area contributed by atoms with Crippen molar-refractivity contribution >= 4 is 16.9 Å². The normalized spacial score (nSPS) is 11.5. The molecule has 1 amide bonds. The van der Waals surface area contributed by atoms with E-state index in [1.54, 1.807) is 0 Å². The number of hydrogen-bond acceptors (Lipinski definition) is 4. The summed E-state index contributed by atoms with van der Waals surface area (Å²) in [5, 5.41) is 2.98. The number of carbonyl (C=O) groups excluding carboxylic acids is 1. The van der Waals surface area contributed by atoms with E-state index in [0.29, 0.717) is 13.2 Å². The van der Waals surface area contributed by atoms with E-state index >= 15 is 0 Å². The van der Waals surface area contributed by atoms with Crippen LogP contribution in [-0.2, 0) is 23.2 Å².